The van der Waals surface area contributed by atoms with Crippen molar-refractivity contribution < 1.29 is 32.6 Å². The minimum atomic E-state index is -0.698. The van der Waals surface area contributed by atoms with Crippen molar-refractivity contribution in [3.05, 3.63) is 65.2 Å². The van der Waals surface area contributed by atoms with E-state index >= 15 is 0 Å². The summed E-state index contributed by atoms with van der Waals surface area (Å²) in [4.78, 5) is 39.8. The van der Waals surface area contributed by atoms with Gasteiger partial charge in [-0.3, -0.25) is 4.79 Å². The van der Waals surface area contributed by atoms with Crippen molar-refractivity contribution in [2.75, 3.05) is 25.1 Å². The van der Waals surface area contributed by atoms with Crippen molar-refractivity contribution in [1.29, 1.82) is 0 Å². The number of benzene rings is 2. The van der Waals surface area contributed by atoms with Crippen molar-refractivity contribution in [2.45, 2.75) is 32.9 Å². The van der Waals surface area contributed by atoms with Gasteiger partial charge in [0.05, 0.1) is 25.1 Å². The smallest absolute Gasteiger partial charge is 0.410 e. The molecule has 33 heavy (non-hydrogen) atoms. The van der Waals surface area contributed by atoms with Crippen LogP contribution in [0, 0.1) is 17.6 Å². The van der Waals surface area contributed by atoms with Gasteiger partial charge in [-0.25, -0.2) is 18.4 Å². The normalized spacial score (nSPS) is 13.8. The average molecular weight is 460 g/mol. The Kier molecular flexibility index (Phi) is 7.00. The van der Waals surface area contributed by atoms with E-state index in [-0.39, 0.29) is 42.4 Å². The van der Waals surface area contributed by atoms with Gasteiger partial charge in [0, 0.05) is 24.3 Å². The fourth-order valence-electron chi connectivity index (χ4n) is 3.36. The minimum Gasteiger partial charge on any atom is -0.465 e. The first kappa shape index (κ1) is 24.2. The number of ether oxygens (including phenoxy) is 2. The van der Waals surface area contributed by atoms with Crippen LogP contribution in [-0.2, 0) is 20.8 Å². The maximum atomic E-state index is 14.7. The van der Waals surface area contributed by atoms with E-state index in [1.165, 1.54) is 47.2 Å². The van der Waals surface area contributed by atoms with Crippen molar-refractivity contribution in [1.82, 2.24) is 4.90 Å². The van der Waals surface area contributed by atoms with Gasteiger partial charge in [-0.2, -0.15) is 0 Å². The van der Waals surface area contributed by atoms with Crippen LogP contribution in [-0.4, -0.2) is 48.7 Å². The summed E-state index contributed by atoms with van der Waals surface area (Å²) in [6.07, 6.45) is -0.520. The van der Waals surface area contributed by atoms with Gasteiger partial charge >= 0.3 is 12.1 Å². The van der Waals surface area contributed by atoms with E-state index in [0.29, 0.717) is 0 Å². The first-order chi connectivity index (χ1) is 15.5. The number of methoxy groups -OCH3 is 1. The summed E-state index contributed by atoms with van der Waals surface area (Å²) in [6, 6.07) is 9.24. The van der Waals surface area contributed by atoms with Crippen LogP contribution in [0.15, 0.2) is 42.5 Å². The van der Waals surface area contributed by atoms with Gasteiger partial charge in [0.25, 0.3) is 0 Å². The molecule has 0 unspecified atom stereocenters. The molecule has 0 aliphatic carbocycles. The third kappa shape index (κ3) is 5.85. The Morgan fingerprint density at radius 2 is 1.79 bits per heavy atom. The molecule has 0 atom stereocenters. The van der Waals surface area contributed by atoms with E-state index in [1.54, 1.807) is 26.8 Å². The Balaban J connectivity index is 1.80. The van der Waals surface area contributed by atoms with Gasteiger partial charge in [0.1, 0.15) is 17.2 Å². The first-order valence-electron chi connectivity index (χ1n) is 10.4. The Labute approximate surface area is 190 Å². The van der Waals surface area contributed by atoms with E-state index in [1.807, 2.05) is 0 Å². The maximum Gasteiger partial charge on any atom is 0.410 e. The summed E-state index contributed by atoms with van der Waals surface area (Å²) in [5.74, 6) is -2.85. The molecule has 2 aromatic carbocycles. The lowest BCUT2D eigenvalue weighted by Crippen LogP contribution is -2.57. The molecule has 9 heteroatoms. The Hall–Kier alpha value is -3.49. The molecule has 1 aliphatic rings. The highest BCUT2D eigenvalue weighted by molar-refractivity contribution is 5.96. The van der Waals surface area contributed by atoms with Crippen LogP contribution in [0.25, 0.3) is 0 Å². The highest BCUT2D eigenvalue weighted by Crippen LogP contribution is 2.27. The molecule has 0 bridgehead atoms. The SMILES string of the molecule is COC(=O)c1ccc(CN(C(=O)C2CN(C(=O)OC(C)(C)C)C2)c2cccc(F)c2)c(F)c1. The van der Waals surface area contributed by atoms with Gasteiger partial charge in [0.2, 0.25) is 5.91 Å². The van der Waals surface area contributed by atoms with Gasteiger partial charge in [-0.1, -0.05) is 12.1 Å². The van der Waals surface area contributed by atoms with Crippen molar-refractivity contribution in [2.24, 2.45) is 5.92 Å². The fraction of sp³-hybridized carbons (Fsp3) is 0.375. The van der Waals surface area contributed by atoms with Gasteiger partial charge in [-0.15, -0.1) is 0 Å². The monoisotopic (exact) mass is 460 g/mol. The Bertz CT molecular complexity index is 1060. The van der Waals surface area contributed by atoms with Gasteiger partial charge < -0.3 is 19.3 Å². The van der Waals surface area contributed by atoms with Crippen LogP contribution in [0.5, 0.6) is 0 Å². The summed E-state index contributed by atoms with van der Waals surface area (Å²) in [7, 11) is 1.19. The molecule has 1 heterocycles. The molecule has 2 amide bonds. The third-order valence-electron chi connectivity index (χ3n) is 5.07. The molecule has 0 spiro atoms. The largest absolute Gasteiger partial charge is 0.465 e. The summed E-state index contributed by atoms with van der Waals surface area (Å²) in [6.45, 7) is 5.35. The standard InChI is InChI=1S/C24H26F2N2O5/c1-24(2,3)33-23(31)27-12-17(13-27)21(29)28(19-7-5-6-18(25)11-19)14-16-9-8-15(10-20(16)26)22(30)32-4/h5-11,17H,12-14H2,1-4H3. The van der Waals surface area contributed by atoms with Gasteiger partial charge in [-0.05, 0) is 51.1 Å². The van der Waals surface area contributed by atoms with Crippen LogP contribution in [0.3, 0.4) is 0 Å². The molecule has 2 aromatic rings. The quantitative estimate of drug-likeness (QED) is 0.627. The number of halogens is 2. The molecule has 0 N–H and O–H groups in total. The van der Waals surface area contributed by atoms with Crippen LogP contribution >= 0.6 is 0 Å². The van der Waals surface area contributed by atoms with Crippen molar-refractivity contribution in [3.8, 4) is 0 Å². The van der Waals surface area contributed by atoms with Crippen molar-refractivity contribution in [3.63, 3.8) is 0 Å². The van der Waals surface area contributed by atoms with Gasteiger partial charge in [0.15, 0.2) is 0 Å². The average Bonchev–Trinajstić information content (AvgIpc) is 2.69. The summed E-state index contributed by atoms with van der Waals surface area (Å²) in [5, 5.41) is 0. The fourth-order valence-corrected chi connectivity index (χ4v) is 3.36. The molecular formula is C24H26F2N2O5. The number of amides is 2. The summed E-state index contributed by atoms with van der Waals surface area (Å²) >= 11 is 0. The van der Waals surface area contributed by atoms with E-state index < -0.39 is 35.2 Å². The zero-order valence-corrected chi connectivity index (χ0v) is 18.9. The highest BCUT2D eigenvalue weighted by atomic mass is 19.1. The lowest BCUT2D eigenvalue weighted by molar-refractivity contribution is -0.127. The zero-order chi connectivity index (χ0) is 24.3. The number of likely N-dealkylation sites (tertiary alicyclic amines) is 1. The second-order valence-corrected chi connectivity index (χ2v) is 8.78. The topological polar surface area (TPSA) is 76.2 Å². The van der Waals surface area contributed by atoms with Crippen LogP contribution in [0.4, 0.5) is 19.3 Å². The number of carbonyl (C=O) groups is 3. The van der Waals surface area contributed by atoms with Crippen LogP contribution in [0.2, 0.25) is 0 Å². The summed E-state index contributed by atoms with van der Waals surface area (Å²) in [5.41, 5.74) is -0.224. The molecule has 7 nitrogen and oxygen atoms in total. The number of rotatable bonds is 5. The molecule has 176 valence electrons. The number of carbonyl (C=O) groups excluding carboxylic acids is 3. The molecule has 0 aromatic heterocycles. The molecule has 0 radical (unpaired) electrons. The predicted molar refractivity (Wildman–Crippen MR) is 117 cm³/mol. The molecule has 3 rings (SSSR count). The number of hydrogen-bond acceptors (Lipinski definition) is 5. The first-order valence-corrected chi connectivity index (χ1v) is 10.4. The number of anilines is 1. The number of esters is 1. The highest BCUT2D eigenvalue weighted by Gasteiger charge is 2.40. The van der Waals surface area contributed by atoms with Crippen LogP contribution in [0.1, 0.15) is 36.7 Å². The maximum absolute atomic E-state index is 14.7. The lowest BCUT2D eigenvalue weighted by atomic mass is 9.98. The molecule has 1 saturated heterocycles. The molecule has 1 fully saturated rings. The summed E-state index contributed by atoms with van der Waals surface area (Å²) < 4.78 is 38.5. The van der Waals surface area contributed by atoms with Crippen molar-refractivity contribution >= 4 is 23.7 Å². The lowest BCUT2D eigenvalue weighted by Gasteiger charge is -2.41. The molecule has 0 saturated carbocycles. The second kappa shape index (κ2) is 9.56. The molecule has 1 aliphatic heterocycles. The third-order valence-corrected chi connectivity index (χ3v) is 5.07. The second-order valence-electron chi connectivity index (χ2n) is 8.78. The van der Waals surface area contributed by atoms with E-state index in [4.69, 9.17) is 4.74 Å². The van der Waals surface area contributed by atoms with E-state index in [0.717, 1.165) is 6.07 Å². The number of hydrogen-bond donors (Lipinski definition) is 0. The minimum absolute atomic E-state index is 0.0365. The number of nitrogens with zero attached hydrogens (tertiary/aromatic N) is 2. The predicted octanol–water partition coefficient (Wildman–Crippen LogP) is 4.15. The van der Waals surface area contributed by atoms with E-state index in [9.17, 15) is 23.2 Å². The molecular weight excluding hydrogens is 434 g/mol. The zero-order valence-electron chi connectivity index (χ0n) is 18.9. The van der Waals surface area contributed by atoms with Crippen LogP contribution < -0.4 is 4.90 Å². The van der Waals surface area contributed by atoms with E-state index in [2.05, 4.69) is 4.74 Å². The Morgan fingerprint density at radius 1 is 1.09 bits per heavy atom. The Morgan fingerprint density at radius 3 is 2.36 bits per heavy atom.